The normalized spacial score (nSPS) is 10.5. The first kappa shape index (κ1) is 17.1. The molecule has 0 saturated carbocycles. The number of anilines is 1. The van der Waals surface area contributed by atoms with Crippen LogP contribution in [0.5, 0.6) is 0 Å². The van der Waals surface area contributed by atoms with Gasteiger partial charge < -0.3 is 0 Å². The minimum atomic E-state index is -0.577. The van der Waals surface area contributed by atoms with Gasteiger partial charge in [-0.2, -0.15) is 0 Å². The van der Waals surface area contributed by atoms with Crippen molar-refractivity contribution in [2.24, 2.45) is 0 Å². The van der Waals surface area contributed by atoms with Gasteiger partial charge in [-0.05, 0) is 13.0 Å². The molecule has 1 N–H and O–H groups in total. The smallest absolute Gasteiger partial charge is 0.270 e. The molecule has 3 aromatic rings. The zero-order valence-corrected chi connectivity index (χ0v) is 14.6. The van der Waals surface area contributed by atoms with E-state index in [0.717, 1.165) is 22.9 Å². The van der Waals surface area contributed by atoms with Crippen LogP contribution in [0.2, 0.25) is 5.02 Å². The summed E-state index contributed by atoms with van der Waals surface area (Å²) in [6.07, 6.45) is 0. The largest absolute Gasteiger partial charge is 0.298 e. The van der Waals surface area contributed by atoms with Gasteiger partial charge in [-0.25, -0.2) is 4.98 Å². The topological polar surface area (TPSA) is 85.1 Å². The number of nitro groups is 1. The van der Waals surface area contributed by atoms with E-state index in [2.05, 4.69) is 10.3 Å². The minimum Gasteiger partial charge on any atom is -0.298 e. The van der Waals surface area contributed by atoms with Crippen LogP contribution in [-0.4, -0.2) is 15.8 Å². The van der Waals surface area contributed by atoms with Crippen molar-refractivity contribution in [3.8, 4) is 11.3 Å². The van der Waals surface area contributed by atoms with Crippen molar-refractivity contribution in [1.29, 1.82) is 0 Å². The average molecular weight is 374 g/mol. The molecule has 0 saturated heterocycles. The van der Waals surface area contributed by atoms with Gasteiger partial charge >= 0.3 is 0 Å². The lowest BCUT2D eigenvalue weighted by Crippen LogP contribution is -2.12. The van der Waals surface area contributed by atoms with Crippen LogP contribution in [0.3, 0.4) is 0 Å². The van der Waals surface area contributed by atoms with Crippen LogP contribution in [-0.2, 0) is 0 Å². The zero-order valence-electron chi connectivity index (χ0n) is 13.0. The van der Waals surface area contributed by atoms with E-state index in [1.54, 1.807) is 0 Å². The fraction of sp³-hybridized carbons (Fsp3) is 0.0588. The van der Waals surface area contributed by atoms with Crippen LogP contribution in [0.15, 0.2) is 47.8 Å². The maximum atomic E-state index is 12.3. The Bertz CT molecular complexity index is 954. The molecule has 0 aliphatic rings. The summed E-state index contributed by atoms with van der Waals surface area (Å²) in [4.78, 5) is 27.0. The highest BCUT2D eigenvalue weighted by Gasteiger charge is 2.17. The summed E-state index contributed by atoms with van der Waals surface area (Å²) in [6.45, 7) is 2.00. The second-order valence-corrected chi connectivity index (χ2v) is 6.54. The molecule has 3 rings (SSSR count). The van der Waals surface area contributed by atoms with Crippen molar-refractivity contribution in [2.45, 2.75) is 6.92 Å². The first-order chi connectivity index (χ1) is 11.9. The predicted molar refractivity (Wildman–Crippen MR) is 98.3 cm³/mol. The Morgan fingerprint density at radius 2 is 1.96 bits per heavy atom. The number of rotatable bonds is 4. The third kappa shape index (κ3) is 3.84. The molecule has 0 aliphatic carbocycles. The summed E-state index contributed by atoms with van der Waals surface area (Å²) >= 11 is 7.25. The van der Waals surface area contributed by atoms with Crippen LogP contribution in [0.1, 0.15) is 15.9 Å². The third-order valence-corrected chi connectivity index (χ3v) is 4.56. The van der Waals surface area contributed by atoms with E-state index in [1.807, 2.05) is 36.6 Å². The van der Waals surface area contributed by atoms with Crippen LogP contribution >= 0.6 is 22.9 Å². The Labute approximate surface area is 152 Å². The number of aryl methyl sites for hydroxylation is 1. The molecule has 0 radical (unpaired) electrons. The molecule has 1 aromatic heterocycles. The molecule has 0 atom stereocenters. The molecule has 0 aliphatic heterocycles. The standard InChI is InChI=1S/C17H12ClN3O3S/c1-10-2-4-11(5-3-10)15-9-25-17(19-15)20-16(22)13-8-12(21(23)24)6-7-14(13)18/h2-9H,1H3,(H,19,20,22). The SMILES string of the molecule is Cc1ccc(-c2csc(NC(=O)c3cc([N+](=O)[O-])ccc3Cl)n2)cc1. The second kappa shape index (κ2) is 7.00. The van der Waals surface area contributed by atoms with Gasteiger partial charge in [0.15, 0.2) is 5.13 Å². The Morgan fingerprint density at radius 3 is 2.64 bits per heavy atom. The van der Waals surface area contributed by atoms with E-state index in [-0.39, 0.29) is 16.3 Å². The second-order valence-electron chi connectivity index (χ2n) is 5.28. The van der Waals surface area contributed by atoms with E-state index in [9.17, 15) is 14.9 Å². The number of halogens is 1. The van der Waals surface area contributed by atoms with Gasteiger partial charge in [0.05, 0.1) is 21.2 Å². The highest BCUT2D eigenvalue weighted by atomic mass is 35.5. The molecular weight excluding hydrogens is 362 g/mol. The highest BCUT2D eigenvalue weighted by Crippen LogP contribution is 2.27. The fourth-order valence-electron chi connectivity index (χ4n) is 2.15. The van der Waals surface area contributed by atoms with Crippen LogP contribution in [0.4, 0.5) is 10.8 Å². The van der Waals surface area contributed by atoms with E-state index in [0.29, 0.717) is 5.13 Å². The van der Waals surface area contributed by atoms with Crippen molar-refractivity contribution in [1.82, 2.24) is 4.98 Å². The number of benzene rings is 2. The average Bonchev–Trinajstić information content (AvgIpc) is 3.04. The number of amides is 1. The zero-order chi connectivity index (χ0) is 18.0. The summed E-state index contributed by atoms with van der Waals surface area (Å²) in [5.41, 5.74) is 2.66. The van der Waals surface area contributed by atoms with E-state index >= 15 is 0 Å². The number of carbonyl (C=O) groups excluding carboxylic acids is 1. The van der Waals surface area contributed by atoms with Gasteiger partial charge in [-0.15, -0.1) is 11.3 Å². The molecule has 0 fully saturated rings. The van der Waals surface area contributed by atoms with Crippen molar-refractivity contribution >= 4 is 39.7 Å². The summed E-state index contributed by atoms with van der Waals surface area (Å²) < 4.78 is 0. The molecule has 0 spiro atoms. The molecule has 0 bridgehead atoms. The Kier molecular flexibility index (Phi) is 4.78. The number of hydrogen-bond donors (Lipinski definition) is 1. The van der Waals surface area contributed by atoms with Gasteiger partial charge in [0, 0.05) is 23.1 Å². The number of nitrogens with zero attached hydrogens (tertiary/aromatic N) is 2. The third-order valence-electron chi connectivity index (χ3n) is 3.48. The molecule has 2 aromatic carbocycles. The molecule has 25 heavy (non-hydrogen) atoms. The Balaban J connectivity index is 1.81. The summed E-state index contributed by atoms with van der Waals surface area (Å²) in [5.74, 6) is -0.543. The van der Waals surface area contributed by atoms with E-state index in [4.69, 9.17) is 11.6 Å². The first-order valence-corrected chi connectivity index (χ1v) is 8.47. The maximum absolute atomic E-state index is 12.3. The van der Waals surface area contributed by atoms with Crippen molar-refractivity contribution in [3.05, 3.63) is 74.1 Å². The van der Waals surface area contributed by atoms with Gasteiger partial charge in [0.2, 0.25) is 0 Å². The molecular formula is C17H12ClN3O3S. The number of aromatic nitrogens is 1. The number of carbonyl (C=O) groups is 1. The number of nitrogens with one attached hydrogen (secondary N) is 1. The quantitative estimate of drug-likeness (QED) is 0.518. The predicted octanol–water partition coefficient (Wildman–Crippen LogP) is 4.93. The van der Waals surface area contributed by atoms with E-state index in [1.165, 1.54) is 23.5 Å². The highest BCUT2D eigenvalue weighted by molar-refractivity contribution is 7.14. The lowest BCUT2D eigenvalue weighted by molar-refractivity contribution is -0.384. The van der Waals surface area contributed by atoms with E-state index < -0.39 is 10.8 Å². The lowest BCUT2D eigenvalue weighted by atomic mass is 10.1. The van der Waals surface area contributed by atoms with Crippen LogP contribution < -0.4 is 5.32 Å². The molecule has 6 nitrogen and oxygen atoms in total. The number of non-ortho nitro benzene ring substituents is 1. The first-order valence-electron chi connectivity index (χ1n) is 7.22. The molecule has 126 valence electrons. The molecule has 1 heterocycles. The van der Waals surface area contributed by atoms with Gasteiger partial charge in [-0.3, -0.25) is 20.2 Å². The van der Waals surface area contributed by atoms with Gasteiger partial charge in [-0.1, -0.05) is 41.4 Å². The molecule has 8 heteroatoms. The minimum absolute atomic E-state index is 0.0305. The summed E-state index contributed by atoms with van der Waals surface area (Å²) in [5, 5.41) is 15.8. The maximum Gasteiger partial charge on any atom is 0.270 e. The van der Waals surface area contributed by atoms with Gasteiger partial charge in [0.25, 0.3) is 11.6 Å². The Morgan fingerprint density at radius 1 is 1.24 bits per heavy atom. The monoisotopic (exact) mass is 373 g/mol. The van der Waals surface area contributed by atoms with Crippen molar-refractivity contribution in [3.63, 3.8) is 0 Å². The van der Waals surface area contributed by atoms with Crippen molar-refractivity contribution in [2.75, 3.05) is 5.32 Å². The fourth-order valence-corrected chi connectivity index (χ4v) is 3.07. The summed E-state index contributed by atoms with van der Waals surface area (Å²) in [7, 11) is 0. The lowest BCUT2D eigenvalue weighted by Gasteiger charge is -2.04. The molecule has 0 unspecified atom stereocenters. The molecule has 1 amide bonds. The summed E-state index contributed by atoms with van der Waals surface area (Å²) in [6, 6.07) is 11.6. The Hall–Kier alpha value is -2.77. The van der Waals surface area contributed by atoms with Crippen LogP contribution in [0.25, 0.3) is 11.3 Å². The van der Waals surface area contributed by atoms with Crippen LogP contribution in [0, 0.1) is 17.0 Å². The van der Waals surface area contributed by atoms with Crippen molar-refractivity contribution < 1.29 is 9.72 Å². The number of nitro benzene ring substituents is 1. The van der Waals surface area contributed by atoms with Gasteiger partial charge in [0.1, 0.15) is 0 Å². The number of hydrogen-bond acceptors (Lipinski definition) is 5. The number of thiazole rings is 1.